The molecule has 0 atom stereocenters. The number of thiophene rings is 1. The maximum absolute atomic E-state index is 12.8. The van der Waals surface area contributed by atoms with E-state index in [2.05, 4.69) is 10.4 Å². The molecule has 0 aliphatic heterocycles. The predicted octanol–water partition coefficient (Wildman–Crippen LogP) is 2.36. The van der Waals surface area contributed by atoms with Crippen molar-refractivity contribution in [2.45, 2.75) is 13.1 Å². The van der Waals surface area contributed by atoms with Crippen LogP contribution in [-0.4, -0.2) is 27.5 Å². The Bertz CT molecular complexity index is 582. The van der Waals surface area contributed by atoms with Gasteiger partial charge in [0.15, 0.2) is 10.8 Å². The number of carbonyl (C=O) groups is 1. The molecule has 5 nitrogen and oxygen atoms in total. The van der Waals surface area contributed by atoms with E-state index in [1.54, 1.807) is 6.07 Å². The number of anilines is 1. The van der Waals surface area contributed by atoms with E-state index < -0.39 is 12.6 Å². The summed E-state index contributed by atoms with van der Waals surface area (Å²) in [5.74, 6) is -1.19. The fraction of sp³-hybridized carbons (Fsp3) is 0.273. The summed E-state index contributed by atoms with van der Waals surface area (Å²) < 4.78 is 26.2. The van der Waals surface area contributed by atoms with Gasteiger partial charge in [-0.25, -0.2) is 9.18 Å². The average Bonchev–Trinajstić information content (AvgIpc) is 2.93. The summed E-state index contributed by atoms with van der Waals surface area (Å²) in [7, 11) is 0. The standard InChI is InChI=1S/C11H11F2N3O2S/c12-3-4-16-10(11(17)18)8(6-15-16)14-5-7-1-2-9(13)19-7/h1-2,6,14H,3-5H2,(H,17,18). The molecule has 2 heterocycles. The van der Waals surface area contributed by atoms with Gasteiger partial charge in [-0.3, -0.25) is 4.68 Å². The molecule has 0 radical (unpaired) electrons. The number of alkyl halides is 1. The maximum Gasteiger partial charge on any atom is 0.356 e. The zero-order valence-electron chi connectivity index (χ0n) is 9.77. The van der Waals surface area contributed by atoms with Gasteiger partial charge in [-0.2, -0.15) is 9.49 Å². The molecule has 0 saturated carbocycles. The summed E-state index contributed by atoms with van der Waals surface area (Å²) in [6.07, 6.45) is 1.32. The molecule has 0 unspecified atom stereocenters. The van der Waals surface area contributed by atoms with Gasteiger partial charge in [0.1, 0.15) is 6.67 Å². The SMILES string of the molecule is O=C(O)c1c(NCc2ccc(F)s2)cnn1CCF. The van der Waals surface area contributed by atoms with Crippen LogP contribution < -0.4 is 5.32 Å². The van der Waals surface area contributed by atoms with Crippen LogP contribution in [0.15, 0.2) is 18.3 Å². The van der Waals surface area contributed by atoms with E-state index in [1.807, 2.05) is 0 Å². The molecule has 2 aromatic heterocycles. The van der Waals surface area contributed by atoms with Crippen molar-refractivity contribution >= 4 is 23.0 Å². The van der Waals surface area contributed by atoms with Crippen molar-refractivity contribution in [3.05, 3.63) is 34.0 Å². The van der Waals surface area contributed by atoms with Crippen LogP contribution in [0.5, 0.6) is 0 Å². The van der Waals surface area contributed by atoms with Crippen LogP contribution in [-0.2, 0) is 13.1 Å². The van der Waals surface area contributed by atoms with E-state index in [0.717, 1.165) is 20.9 Å². The number of nitrogens with zero attached hydrogens (tertiary/aromatic N) is 2. The van der Waals surface area contributed by atoms with Gasteiger partial charge in [-0.15, -0.1) is 11.3 Å². The molecule has 0 saturated heterocycles. The van der Waals surface area contributed by atoms with Crippen LogP contribution in [0.4, 0.5) is 14.5 Å². The Kier molecular flexibility index (Phi) is 4.10. The van der Waals surface area contributed by atoms with E-state index in [9.17, 15) is 13.6 Å². The van der Waals surface area contributed by atoms with Gasteiger partial charge in [0.25, 0.3) is 0 Å². The van der Waals surface area contributed by atoms with E-state index in [-0.39, 0.29) is 29.6 Å². The Hall–Kier alpha value is -1.96. The highest BCUT2D eigenvalue weighted by molar-refractivity contribution is 7.10. The molecule has 0 spiro atoms. The number of rotatable bonds is 6. The molecule has 102 valence electrons. The predicted molar refractivity (Wildman–Crippen MR) is 66.8 cm³/mol. The molecule has 2 aromatic rings. The minimum atomic E-state index is -1.19. The molecular weight excluding hydrogens is 276 g/mol. The van der Waals surface area contributed by atoms with Crippen molar-refractivity contribution in [3.8, 4) is 0 Å². The Labute approximate surface area is 111 Å². The topological polar surface area (TPSA) is 67.2 Å². The molecule has 0 aliphatic carbocycles. The van der Waals surface area contributed by atoms with Gasteiger partial charge >= 0.3 is 5.97 Å². The van der Waals surface area contributed by atoms with Crippen LogP contribution in [0.3, 0.4) is 0 Å². The van der Waals surface area contributed by atoms with Gasteiger partial charge in [0, 0.05) is 11.4 Å². The highest BCUT2D eigenvalue weighted by atomic mass is 32.1. The molecular formula is C11H11F2N3O2S. The molecule has 2 N–H and O–H groups in total. The van der Waals surface area contributed by atoms with Crippen molar-refractivity contribution in [1.29, 1.82) is 0 Å². The van der Waals surface area contributed by atoms with E-state index in [0.29, 0.717) is 0 Å². The first-order valence-corrected chi connectivity index (χ1v) is 6.26. The Balaban J connectivity index is 2.13. The van der Waals surface area contributed by atoms with Gasteiger partial charge in [0.2, 0.25) is 0 Å². The first-order valence-electron chi connectivity index (χ1n) is 5.45. The molecule has 8 heteroatoms. The highest BCUT2D eigenvalue weighted by Gasteiger charge is 2.17. The van der Waals surface area contributed by atoms with Crippen LogP contribution in [0.25, 0.3) is 0 Å². The summed E-state index contributed by atoms with van der Waals surface area (Å²) in [5.41, 5.74) is 0.185. The second-order valence-electron chi connectivity index (χ2n) is 3.68. The number of carboxylic acids is 1. The van der Waals surface area contributed by atoms with Crippen LogP contribution in [0.2, 0.25) is 0 Å². The number of nitrogens with one attached hydrogen (secondary N) is 1. The van der Waals surface area contributed by atoms with E-state index >= 15 is 0 Å². The van der Waals surface area contributed by atoms with Crippen molar-refractivity contribution in [2.24, 2.45) is 0 Å². The number of hydrogen-bond donors (Lipinski definition) is 2. The average molecular weight is 287 g/mol. The van der Waals surface area contributed by atoms with Crippen molar-refractivity contribution in [2.75, 3.05) is 12.0 Å². The van der Waals surface area contributed by atoms with Gasteiger partial charge < -0.3 is 10.4 Å². The van der Waals surface area contributed by atoms with Crippen LogP contribution in [0, 0.1) is 5.13 Å². The molecule has 0 aromatic carbocycles. The molecule has 19 heavy (non-hydrogen) atoms. The number of hydrogen-bond acceptors (Lipinski definition) is 4. The monoisotopic (exact) mass is 287 g/mol. The fourth-order valence-corrected chi connectivity index (χ4v) is 2.29. The number of aromatic nitrogens is 2. The second kappa shape index (κ2) is 5.79. The fourth-order valence-electron chi connectivity index (χ4n) is 1.62. The number of aromatic carboxylic acids is 1. The largest absolute Gasteiger partial charge is 0.476 e. The van der Waals surface area contributed by atoms with Crippen molar-refractivity contribution < 1.29 is 18.7 Å². The summed E-state index contributed by atoms with van der Waals surface area (Å²) in [6, 6.07) is 2.95. The van der Waals surface area contributed by atoms with Gasteiger partial charge in [0.05, 0.1) is 18.4 Å². The third kappa shape index (κ3) is 3.08. The van der Waals surface area contributed by atoms with Gasteiger partial charge in [-0.05, 0) is 12.1 Å². The number of carboxylic acid groups (broad SMARTS) is 1. The minimum Gasteiger partial charge on any atom is -0.476 e. The first kappa shape index (κ1) is 13.5. The molecule has 0 bridgehead atoms. The molecule has 0 aliphatic rings. The molecule has 0 amide bonds. The lowest BCUT2D eigenvalue weighted by molar-refractivity contribution is 0.0684. The van der Waals surface area contributed by atoms with Crippen LogP contribution in [0.1, 0.15) is 15.4 Å². The molecule has 0 fully saturated rings. The highest BCUT2D eigenvalue weighted by Crippen LogP contribution is 2.19. The smallest absolute Gasteiger partial charge is 0.356 e. The first-order chi connectivity index (χ1) is 9.11. The second-order valence-corrected chi connectivity index (χ2v) is 4.80. The van der Waals surface area contributed by atoms with E-state index in [1.165, 1.54) is 12.3 Å². The Morgan fingerprint density at radius 1 is 1.53 bits per heavy atom. The van der Waals surface area contributed by atoms with Crippen LogP contribution >= 0.6 is 11.3 Å². The zero-order valence-corrected chi connectivity index (χ0v) is 10.6. The summed E-state index contributed by atoms with van der Waals surface area (Å²) >= 11 is 0.974. The summed E-state index contributed by atoms with van der Waals surface area (Å²) in [4.78, 5) is 11.8. The van der Waals surface area contributed by atoms with Gasteiger partial charge in [-0.1, -0.05) is 0 Å². The lowest BCUT2D eigenvalue weighted by Crippen LogP contribution is -2.13. The summed E-state index contributed by atoms with van der Waals surface area (Å²) in [5, 5.41) is 15.4. The lowest BCUT2D eigenvalue weighted by Gasteiger charge is -2.05. The lowest BCUT2D eigenvalue weighted by atomic mass is 10.3. The molecule has 2 rings (SSSR count). The summed E-state index contributed by atoms with van der Waals surface area (Å²) in [6.45, 7) is -0.523. The number of aryl methyl sites for hydroxylation is 1. The normalized spacial score (nSPS) is 10.6. The minimum absolute atomic E-state index is 0.102. The van der Waals surface area contributed by atoms with Crippen molar-refractivity contribution in [3.63, 3.8) is 0 Å². The van der Waals surface area contributed by atoms with Crippen molar-refractivity contribution in [1.82, 2.24) is 9.78 Å². The Morgan fingerprint density at radius 2 is 2.32 bits per heavy atom. The maximum atomic E-state index is 12.8. The Morgan fingerprint density at radius 3 is 2.89 bits per heavy atom. The zero-order chi connectivity index (χ0) is 13.8. The number of halogens is 2. The quantitative estimate of drug-likeness (QED) is 0.856. The van der Waals surface area contributed by atoms with E-state index in [4.69, 9.17) is 5.11 Å². The third-order valence-corrected chi connectivity index (χ3v) is 3.29. The third-order valence-electron chi connectivity index (χ3n) is 2.42.